The van der Waals surface area contributed by atoms with Crippen LogP contribution in [0.25, 0.3) is 0 Å². The van der Waals surface area contributed by atoms with Gasteiger partial charge in [-0.25, -0.2) is 0 Å². The average Bonchev–Trinajstić information content (AvgIpc) is 2.75. The van der Waals surface area contributed by atoms with E-state index in [9.17, 15) is 9.59 Å². The Kier molecular flexibility index (Phi) is 5.21. The summed E-state index contributed by atoms with van der Waals surface area (Å²) in [5.41, 5.74) is 6.06. The maximum atomic E-state index is 12.0. The van der Waals surface area contributed by atoms with Crippen LogP contribution in [0, 0.1) is 0 Å². The zero-order valence-corrected chi connectivity index (χ0v) is 12.5. The number of para-hydroxylation sites is 2. The van der Waals surface area contributed by atoms with E-state index < -0.39 is 5.25 Å². The van der Waals surface area contributed by atoms with E-state index >= 15 is 0 Å². The summed E-state index contributed by atoms with van der Waals surface area (Å²) in [4.78, 5) is 27.1. The molecule has 6 nitrogen and oxygen atoms in total. The second kappa shape index (κ2) is 7.12. The van der Waals surface area contributed by atoms with Gasteiger partial charge >= 0.3 is 0 Å². The Balaban J connectivity index is 1.95. The van der Waals surface area contributed by atoms with Crippen molar-refractivity contribution < 1.29 is 14.3 Å². The minimum atomic E-state index is -0.534. The van der Waals surface area contributed by atoms with Crippen molar-refractivity contribution in [2.75, 3.05) is 11.9 Å². The van der Waals surface area contributed by atoms with E-state index in [-0.39, 0.29) is 23.4 Å². The predicted octanol–water partition coefficient (Wildman–Crippen LogP) is 1.76. The van der Waals surface area contributed by atoms with E-state index in [2.05, 4.69) is 10.3 Å². The SMILES string of the molecule is CCCOc1ccccc1NC(=O)C[C@@H]1SC(N)=NC1=O. The van der Waals surface area contributed by atoms with Crippen LogP contribution in [0.3, 0.4) is 0 Å². The first-order valence-electron chi connectivity index (χ1n) is 6.66. The van der Waals surface area contributed by atoms with Gasteiger partial charge < -0.3 is 15.8 Å². The van der Waals surface area contributed by atoms with Gasteiger partial charge in [-0.1, -0.05) is 30.8 Å². The van der Waals surface area contributed by atoms with Crippen molar-refractivity contribution in [2.24, 2.45) is 10.7 Å². The van der Waals surface area contributed by atoms with Crippen molar-refractivity contribution in [1.29, 1.82) is 0 Å². The van der Waals surface area contributed by atoms with Gasteiger partial charge in [0, 0.05) is 6.42 Å². The number of nitrogens with two attached hydrogens (primary N) is 1. The first-order valence-corrected chi connectivity index (χ1v) is 7.54. The number of ether oxygens (including phenoxy) is 1. The van der Waals surface area contributed by atoms with Crippen LogP contribution in [-0.2, 0) is 9.59 Å². The van der Waals surface area contributed by atoms with E-state index in [0.717, 1.165) is 18.2 Å². The standard InChI is InChI=1S/C14H17N3O3S/c1-2-7-20-10-6-4-3-5-9(10)16-12(18)8-11-13(19)17-14(15)21-11/h3-6,11H,2,7-8H2,1H3,(H,16,18)(H2,15,17,19)/t11-/m0/s1. The summed E-state index contributed by atoms with van der Waals surface area (Å²) < 4.78 is 5.57. The number of thioether (sulfide) groups is 1. The molecule has 7 heteroatoms. The number of amides is 2. The first kappa shape index (κ1) is 15.4. The van der Waals surface area contributed by atoms with Gasteiger partial charge in [-0.05, 0) is 18.6 Å². The van der Waals surface area contributed by atoms with Crippen molar-refractivity contribution in [1.82, 2.24) is 0 Å². The number of carbonyl (C=O) groups excluding carboxylic acids is 2. The third-order valence-corrected chi connectivity index (χ3v) is 3.74. The number of hydrogen-bond acceptors (Lipinski definition) is 5. The molecule has 1 heterocycles. The fourth-order valence-corrected chi connectivity index (χ4v) is 2.63. The van der Waals surface area contributed by atoms with Gasteiger partial charge in [0.25, 0.3) is 5.91 Å². The fraction of sp³-hybridized carbons (Fsp3) is 0.357. The van der Waals surface area contributed by atoms with E-state index in [0.29, 0.717) is 18.0 Å². The third-order valence-electron chi connectivity index (χ3n) is 2.75. The highest BCUT2D eigenvalue weighted by atomic mass is 32.2. The average molecular weight is 307 g/mol. The Morgan fingerprint density at radius 3 is 2.90 bits per heavy atom. The number of nitrogens with one attached hydrogen (secondary N) is 1. The second-order valence-electron chi connectivity index (χ2n) is 4.49. The van der Waals surface area contributed by atoms with Crippen molar-refractivity contribution in [3.8, 4) is 5.75 Å². The van der Waals surface area contributed by atoms with Gasteiger partial charge in [0.1, 0.15) is 11.0 Å². The summed E-state index contributed by atoms with van der Waals surface area (Å²) in [6.07, 6.45) is 0.919. The molecule has 0 radical (unpaired) electrons. The Bertz CT molecular complexity index is 574. The molecule has 0 unspecified atom stereocenters. The molecule has 2 amide bonds. The van der Waals surface area contributed by atoms with Gasteiger partial charge in [-0.15, -0.1) is 0 Å². The molecule has 0 saturated carbocycles. The number of carbonyl (C=O) groups is 2. The number of hydrogen-bond donors (Lipinski definition) is 2. The molecule has 1 atom stereocenters. The maximum Gasteiger partial charge on any atom is 0.262 e. The lowest BCUT2D eigenvalue weighted by molar-refractivity contribution is -0.121. The molecule has 3 N–H and O–H groups in total. The molecule has 2 rings (SSSR count). The molecule has 0 spiro atoms. The van der Waals surface area contributed by atoms with Crippen LogP contribution in [0.2, 0.25) is 0 Å². The van der Waals surface area contributed by atoms with Crippen LogP contribution in [0.4, 0.5) is 5.69 Å². The van der Waals surface area contributed by atoms with Crippen LogP contribution in [0.15, 0.2) is 29.3 Å². The second-order valence-corrected chi connectivity index (χ2v) is 5.71. The minimum Gasteiger partial charge on any atom is -0.491 e. The summed E-state index contributed by atoms with van der Waals surface area (Å²) >= 11 is 1.12. The summed E-state index contributed by atoms with van der Waals surface area (Å²) in [6, 6.07) is 7.20. The maximum absolute atomic E-state index is 12.0. The van der Waals surface area contributed by atoms with E-state index in [4.69, 9.17) is 10.5 Å². The Labute approximate surface area is 127 Å². The quantitative estimate of drug-likeness (QED) is 0.835. The van der Waals surface area contributed by atoms with Crippen molar-refractivity contribution in [3.63, 3.8) is 0 Å². The Morgan fingerprint density at radius 2 is 2.24 bits per heavy atom. The number of anilines is 1. The number of benzene rings is 1. The lowest BCUT2D eigenvalue weighted by Crippen LogP contribution is -2.22. The Morgan fingerprint density at radius 1 is 1.48 bits per heavy atom. The lowest BCUT2D eigenvalue weighted by atomic mass is 10.2. The van der Waals surface area contributed by atoms with Gasteiger partial charge in [0.2, 0.25) is 5.91 Å². The number of aliphatic imine (C=N–C) groups is 1. The molecule has 1 aliphatic rings. The van der Waals surface area contributed by atoms with E-state index in [1.54, 1.807) is 12.1 Å². The zero-order valence-electron chi connectivity index (χ0n) is 11.7. The summed E-state index contributed by atoms with van der Waals surface area (Å²) in [7, 11) is 0. The fourth-order valence-electron chi connectivity index (χ4n) is 1.81. The van der Waals surface area contributed by atoms with Crippen LogP contribution in [-0.4, -0.2) is 28.8 Å². The first-order chi connectivity index (χ1) is 10.1. The van der Waals surface area contributed by atoms with Crippen molar-refractivity contribution in [2.45, 2.75) is 25.0 Å². The highest BCUT2D eigenvalue weighted by Gasteiger charge is 2.29. The molecule has 1 aliphatic heterocycles. The van der Waals surface area contributed by atoms with Gasteiger partial charge in [-0.3, -0.25) is 9.59 Å². The van der Waals surface area contributed by atoms with Gasteiger partial charge in [0.05, 0.1) is 12.3 Å². The van der Waals surface area contributed by atoms with Crippen LogP contribution in [0.5, 0.6) is 5.75 Å². The van der Waals surface area contributed by atoms with E-state index in [1.165, 1.54) is 0 Å². The third kappa shape index (κ3) is 4.22. The lowest BCUT2D eigenvalue weighted by Gasteiger charge is -2.12. The van der Waals surface area contributed by atoms with Crippen molar-refractivity contribution >= 4 is 34.4 Å². The molecular formula is C14H17N3O3S. The van der Waals surface area contributed by atoms with E-state index in [1.807, 2.05) is 19.1 Å². The zero-order chi connectivity index (χ0) is 15.2. The minimum absolute atomic E-state index is 0.0375. The summed E-state index contributed by atoms with van der Waals surface area (Å²) in [6.45, 7) is 2.59. The molecule has 1 aromatic rings. The molecule has 1 aromatic carbocycles. The topological polar surface area (TPSA) is 93.8 Å². The normalized spacial score (nSPS) is 17.5. The highest BCUT2D eigenvalue weighted by Crippen LogP contribution is 2.26. The largest absolute Gasteiger partial charge is 0.491 e. The molecule has 112 valence electrons. The molecule has 21 heavy (non-hydrogen) atoms. The van der Waals surface area contributed by atoms with Gasteiger partial charge in [-0.2, -0.15) is 4.99 Å². The van der Waals surface area contributed by atoms with Crippen molar-refractivity contribution in [3.05, 3.63) is 24.3 Å². The molecule has 0 aromatic heterocycles. The molecule has 0 fully saturated rings. The van der Waals surface area contributed by atoms with Crippen LogP contribution >= 0.6 is 11.8 Å². The smallest absolute Gasteiger partial charge is 0.262 e. The monoisotopic (exact) mass is 307 g/mol. The highest BCUT2D eigenvalue weighted by molar-refractivity contribution is 8.15. The number of amidine groups is 1. The van der Waals surface area contributed by atoms with Crippen LogP contribution < -0.4 is 15.8 Å². The molecule has 0 bridgehead atoms. The molecule has 0 saturated heterocycles. The van der Waals surface area contributed by atoms with Crippen LogP contribution in [0.1, 0.15) is 19.8 Å². The summed E-state index contributed by atoms with van der Waals surface area (Å²) in [5.74, 6) is -0.00432. The summed E-state index contributed by atoms with van der Waals surface area (Å²) in [5, 5.41) is 2.44. The number of nitrogens with zero attached hydrogens (tertiary/aromatic N) is 1. The molecular weight excluding hydrogens is 290 g/mol. The molecule has 0 aliphatic carbocycles. The Hall–Kier alpha value is -2.02. The number of rotatable bonds is 6. The van der Waals surface area contributed by atoms with Gasteiger partial charge in [0.15, 0.2) is 5.17 Å². The predicted molar refractivity (Wildman–Crippen MR) is 83.5 cm³/mol.